The van der Waals surface area contributed by atoms with Crippen molar-refractivity contribution in [3.05, 3.63) is 23.9 Å². The maximum absolute atomic E-state index is 11.7. The molecule has 0 unspecified atom stereocenters. The lowest BCUT2D eigenvalue weighted by atomic mass is 10.1. The van der Waals surface area contributed by atoms with Crippen LogP contribution in [-0.4, -0.2) is 47.9 Å². The summed E-state index contributed by atoms with van der Waals surface area (Å²) in [5, 5.41) is 5.95. The molecule has 1 aromatic heterocycles. The topological polar surface area (TPSA) is 74.3 Å². The first-order valence-corrected chi connectivity index (χ1v) is 6.91. The van der Waals surface area contributed by atoms with Gasteiger partial charge in [-0.1, -0.05) is 0 Å². The number of aromatic nitrogens is 1. The summed E-state index contributed by atoms with van der Waals surface area (Å²) in [6.45, 7) is 6.33. The fourth-order valence-electron chi connectivity index (χ4n) is 1.67. The van der Waals surface area contributed by atoms with Gasteiger partial charge in [0.2, 0.25) is 5.91 Å². The van der Waals surface area contributed by atoms with E-state index in [4.69, 9.17) is 0 Å². The van der Waals surface area contributed by atoms with Crippen LogP contribution < -0.4 is 10.6 Å². The molecule has 0 aliphatic rings. The van der Waals surface area contributed by atoms with Crippen molar-refractivity contribution >= 4 is 17.6 Å². The summed E-state index contributed by atoms with van der Waals surface area (Å²) in [5.74, 6) is 0.557. The number of pyridine rings is 1. The predicted molar refractivity (Wildman–Crippen MR) is 83.3 cm³/mol. The van der Waals surface area contributed by atoms with E-state index in [1.807, 2.05) is 20.8 Å². The van der Waals surface area contributed by atoms with Gasteiger partial charge in [0.25, 0.3) is 5.91 Å². The summed E-state index contributed by atoms with van der Waals surface area (Å²) in [6.07, 6.45) is 1.90. The number of amides is 2. The monoisotopic (exact) mass is 292 g/mol. The first kappa shape index (κ1) is 16.9. The Balaban J connectivity index is 2.43. The third kappa shape index (κ3) is 6.25. The maximum atomic E-state index is 11.7. The molecule has 0 saturated heterocycles. The maximum Gasteiger partial charge on any atom is 0.254 e. The van der Waals surface area contributed by atoms with Crippen LogP contribution in [0.4, 0.5) is 5.82 Å². The van der Waals surface area contributed by atoms with Crippen molar-refractivity contribution < 1.29 is 9.59 Å². The lowest BCUT2D eigenvalue weighted by Crippen LogP contribution is -2.41. The second-order valence-electron chi connectivity index (χ2n) is 6.11. The van der Waals surface area contributed by atoms with Gasteiger partial charge in [0.1, 0.15) is 5.82 Å². The van der Waals surface area contributed by atoms with Crippen molar-refractivity contribution in [2.24, 2.45) is 0 Å². The lowest BCUT2D eigenvalue weighted by molar-refractivity contribution is -0.122. The van der Waals surface area contributed by atoms with Crippen LogP contribution in [0.15, 0.2) is 18.3 Å². The van der Waals surface area contributed by atoms with E-state index in [-0.39, 0.29) is 17.4 Å². The van der Waals surface area contributed by atoms with E-state index in [1.54, 1.807) is 26.2 Å². The van der Waals surface area contributed by atoms with Crippen molar-refractivity contribution in [1.29, 1.82) is 0 Å². The number of nitrogens with one attached hydrogen (secondary N) is 2. The molecule has 0 fully saturated rings. The van der Waals surface area contributed by atoms with Gasteiger partial charge in [-0.3, -0.25) is 9.59 Å². The largest absolute Gasteiger partial charge is 0.370 e. The Morgan fingerprint density at radius 2 is 1.90 bits per heavy atom. The van der Waals surface area contributed by atoms with E-state index in [0.717, 1.165) is 0 Å². The van der Waals surface area contributed by atoms with Crippen LogP contribution in [0.25, 0.3) is 0 Å². The predicted octanol–water partition coefficient (Wildman–Crippen LogP) is 1.50. The standard InChI is InChI=1S/C15H24N4O2/c1-15(2,3)18-13(20)8-9-16-12-7-6-11(10-17-12)14(21)19(4)5/h6-7,10H,8-9H2,1-5H3,(H,16,17)(H,18,20). The van der Waals surface area contributed by atoms with Gasteiger partial charge in [0.15, 0.2) is 0 Å². The summed E-state index contributed by atoms with van der Waals surface area (Å²) in [5.41, 5.74) is 0.319. The van der Waals surface area contributed by atoms with E-state index in [9.17, 15) is 9.59 Å². The molecule has 1 rings (SSSR count). The van der Waals surface area contributed by atoms with Crippen molar-refractivity contribution in [3.63, 3.8) is 0 Å². The zero-order chi connectivity index (χ0) is 16.0. The van der Waals surface area contributed by atoms with Crippen LogP contribution in [0.5, 0.6) is 0 Å². The summed E-state index contributed by atoms with van der Waals surface area (Å²) < 4.78 is 0. The minimum Gasteiger partial charge on any atom is -0.370 e. The molecule has 0 atom stereocenters. The van der Waals surface area contributed by atoms with Gasteiger partial charge in [-0.05, 0) is 32.9 Å². The number of hydrogen-bond donors (Lipinski definition) is 2. The third-order valence-corrected chi connectivity index (χ3v) is 2.59. The normalized spacial score (nSPS) is 10.9. The van der Waals surface area contributed by atoms with Crippen LogP contribution >= 0.6 is 0 Å². The quantitative estimate of drug-likeness (QED) is 0.862. The van der Waals surface area contributed by atoms with Crippen molar-refractivity contribution in [3.8, 4) is 0 Å². The highest BCUT2D eigenvalue weighted by atomic mass is 16.2. The fourth-order valence-corrected chi connectivity index (χ4v) is 1.67. The minimum absolute atomic E-state index is 0.00518. The van der Waals surface area contributed by atoms with Crippen LogP contribution in [-0.2, 0) is 4.79 Å². The molecule has 1 heterocycles. The minimum atomic E-state index is -0.219. The second-order valence-corrected chi connectivity index (χ2v) is 6.11. The van der Waals surface area contributed by atoms with Gasteiger partial charge in [-0.25, -0.2) is 4.98 Å². The Bertz CT molecular complexity index is 489. The Morgan fingerprint density at radius 1 is 1.24 bits per heavy atom. The molecule has 2 amide bonds. The van der Waals surface area contributed by atoms with Crippen LogP contribution in [0, 0.1) is 0 Å². The van der Waals surface area contributed by atoms with Gasteiger partial charge < -0.3 is 15.5 Å². The average Bonchev–Trinajstić information content (AvgIpc) is 2.36. The highest BCUT2D eigenvalue weighted by Gasteiger charge is 2.13. The van der Waals surface area contributed by atoms with E-state index in [2.05, 4.69) is 15.6 Å². The highest BCUT2D eigenvalue weighted by Crippen LogP contribution is 2.07. The molecule has 0 bridgehead atoms. The highest BCUT2D eigenvalue weighted by molar-refractivity contribution is 5.93. The summed E-state index contributed by atoms with van der Waals surface area (Å²) in [6, 6.07) is 3.45. The Morgan fingerprint density at radius 3 is 2.38 bits per heavy atom. The number of carbonyl (C=O) groups is 2. The SMILES string of the molecule is CN(C)C(=O)c1ccc(NCCC(=O)NC(C)(C)C)nc1. The van der Waals surface area contributed by atoms with E-state index in [1.165, 1.54) is 11.1 Å². The Labute approximate surface area is 125 Å². The zero-order valence-electron chi connectivity index (χ0n) is 13.4. The molecule has 0 saturated carbocycles. The van der Waals surface area contributed by atoms with Gasteiger partial charge in [-0.15, -0.1) is 0 Å². The van der Waals surface area contributed by atoms with Gasteiger partial charge in [0, 0.05) is 38.8 Å². The number of anilines is 1. The number of carbonyl (C=O) groups excluding carboxylic acids is 2. The molecule has 0 aliphatic heterocycles. The fraction of sp³-hybridized carbons (Fsp3) is 0.533. The molecule has 2 N–H and O–H groups in total. The summed E-state index contributed by atoms with van der Waals surface area (Å²) >= 11 is 0. The van der Waals surface area contributed by atoms with E-state index >= 15 is 0 Å². The van der Waals surface area contributed by atoms with Crippen molar-refractivity contribution in [2.75, 3.05) is 26.0 Å². The molecule has 116 valence electrons. The molecule has 0 radical (unpaired) electrons. The van der Waals surface area contributed by atoms with Crippen LogP contribution in [0.3, 0.4) is 0 Å². The summed E-state index contributed by atoms with van der Waals surface area (Å²) in [7, 11) is 3.39. The molecule has 6 heteroatoms. The molecule has 1 aromatic rings. The zero-order valence-corrected chi connectivity index (χ0v) is 13.4. The first-order chi connectivity index (χ1) is 9.69. The number of rotatable bonds is 5. The van der Waals surface area contributed by atoms with E-state index < -0.39 is 0 Å². The molecule has 0 aromatic carbocycles. The van der Waals surface area contributed by atoms with E-state index in [0.29, 0.717) is 24.3 Å². The average molecular weight is 292 g/mol. The Hall–Kier alpha value is -2.11. The first-order valence-electron chi connectivity index (χ1n) is 6.91. The smallest absolute Gasteiger partial charge is 0.254 e. The Kier molecular flexibility index (Phi) is 5.69. The molecule has 0 spiro atoms. The van der Waals surface area contributed by atoms with Gasteiger partial charge in [0.05, 0.1) is 5.56 Å². The summed E-state index contributed by atoms with van der Waals surface area (Å²) in [4.78, 5) is 29.0. The number of hydrogen-bond acceptors (Lipinski definition) is 4. The molecular formula is C15H24N4O2. The molecule has 6 nitrogen and oxygen atoms in total. The van der Waals surface area contributed by atoms with Gasteiger partial charge >= 0.3 is 0 Å². The second kappa shape index (κ2) is 7.06. The van der Waals surface area contributed by atoms with Gasteiger partial charge in [-0.2, -0.15) is 0 Å². The molecule has 21 heavy (non-hydrogen) atoms. The lowest BCUT2D eigenvalue weighted by Gasteiger charge is -2.20. The molecule has 0 aliphatic carbocycles. The molecular weight excluding hydrogens is 268 g/mol. The number of nitrogens with zero attached hydrogens (tertiary/aromatic N) is 2. The third-order valence-electron chi connectivity index (χ3n) is 2.59. The van der Waals surface area contributed by atoms with Crippen LogP contribution in [0.2, 0.25) is 0 Å². The van der Waals surface area contributed by atoms with Crippen molar-refractivity contribution in [1.82, 2.24) is 15.2 Å². The van der Waals surface area contributed by atoms with Crippen LogP contribution in [0.1, 0.15) is 37.6 Å². The van der Waals surface area contributed by atoms with Crippen molar-refractivity contribution in [2.45, 2.75) is 32.7 Å².